The second kappa shape index (κ2) is 13.9. The first-order chi connectivity index (χ1) is 12.9. The van der Waals surface area contributed by atoms with Gasteiger partial charge in [-0.05, 0) is 43.9 Å². The van der Waals surface area contributed by atoms with Crippen LogP contribution in [0.3, 0.4) is 0 Å². The molecule has 0 aliphatic carbocycles. The first kappa shape index (κ1) is 23.6. The van der Waals surface area contributed by atoms with Gasteiger partial charge in [-0.25, -0.2) is 0 Å². The highest BCUT2D eigenvalue weighted by Gasteiger charge is 2.29. The number of carboxylic acids is 1. The molecule has 0 radical (unpaired) electrons. The van der Waals surface area contributed by atoms with Crippen molar-refractivity contribution in [3.8, 4) is 47.5 Å². The molecule has 0 spiro atoms. The zero-order valence-electron chi connectivity index (χ0n) is 15.9. The van der Waals surface area contributed by atoms with Gasteiger partial charge in [0.15, 0.2) is 0 Å². The van der Waals surface area contributed by atoms with E-state index in [4.69, 9.17) is 4.74 Å². The molecule has 2 N–H and O–H groups in total. The molecule has 3 unspecified atom stereocenters. The van der Waals surface area contributed by atoms with E-state index >= 15 is 0 Å². The number of hydrogen-bond acceptors (Lipinski definition) is 4. The van der Waals surface area contributed by atoms with Gasteiger partial charge in [0.25, 0.3) is 0 Å². The highest BCUT2D eigenvalue weighted by Crippen LogP contribution is 2.24. The number of ether oxygens (including phenoxy) is 1. The molecule has 6 heteroatoms. The molecule has 0 rings (SSSR count). The second-order valence-corrected chi connectivity index (χ2v) is 5.65. The number of carbonyl (C=O) groups is 3. The van der Waals surface area contributed by atoms with Gasteiger partial charge in [0, 0.05) is 29.7 Å². The number of rotatable bonds is 8. The summed E-state index contributed by atoms with van der Waals surface area (Å²) in [6.45, 7) is 5.03. The molecule has 142 valence electrons. The van der Waals surface area contributed by atoms with Crippen molar-refractivity contribution in [2.75, 3.05) is 7.11 Å². The number of amides is 1. The number of nitrogens with one attached hydrogen (secondary N) is 1. The summed E-state index contributed by atoms with van der Waals surface area (Å²) in [4.78, 5) is 35.2. The summed E-state index contributed by atoms with van der Waals surface area (Å²) in [7, 11) is 1.24. The molecule has 0 heterocycles. The van der Waals surface area contributed by atoms with Gasteiger partial charge >= 0.3 is 11.9 Å². The molecule has 0 aromatic rings. The van der Waals surface area contributed by atoms with Crippen LogP contribution in [0.5, 0.6) is 0 Å². The average Bonchev–Trinajstić information content (AvgIpc) is 2.65. The van der Waals surface area contributed by atoms with E-state index in [0.717, 1.165) is 0 Å². The second-order valence-electron chi connectivity index (χ2n) is 5.65. The van der Waals surface area contributed by atoms with Crippen LogP contribution in [0.1, 0.15) is 40.0 Å². The molecule has 0 aromatic heterocycles. The molecule has 1 amide bonds. The standard InChI is InChI=1S/C21H23NO5/c1-5-7-8-9-10-11-12-13-22-19(23)16(3)14-18(21(26)27-4)15-17(6-2)20(24)25/h16-18H,6,14-15H2,1-4H3,(H,22,23)(H,24,25). The molecule has 0 saturated carbocycles. The van der Waals surface area contributed by atoms with Crippen LogP contribution in [0.25, 0.3) is 0 Å². The van der Waals surface area contributed by atoms with E-state index in [0.29, 0.717) is 6.42 Å². The Morgan fingerprint density at radius 2 is 1.59 bits per heavy atom. The predicted molar refractivity (Wildman–Crippen MR) is 100 cm³/mol. The van der Waals surface area contributed by atoms with Gasteiger partial charge in [0.2, 0.25) is 5.91 Å². The molecule has 3 atom stereocenters. The zero-order chi connectivity index (χ0) is 20.7. The first-order valence-electron chi connectivity index (χ1n) is 8.39. The fraction of sp³-hybridized carbons (Fsp3) is 0.476. The summed E-state index contributed by atoms with van der Waals surface area (Å²) in [5, 5.41) is 11.6. The highest BCUT2D eigenvalue weighted by atomic mass is 16.5. The minimum atomic E-state index is -0.971. The fourth-order valence-corrected chi connectivity index (χ4v) is 2.21. The summed E-state index contributed by atoms with van der Waals surface area (Å²) >= 11 is 0. The Morgan fingerprint density at radius 1 is 1.00 bits per heavy atom. The minimum absolute atomic E-state index is 0.118. The summed E-state index contributed by atoms with van der Waals surface area (Å²) < 4.78 is 4.74. The maximum atomic E-state index is 12.1. The van der Waals surface area contributed by atoms with Crippen molar-refractivity contribution in [2.45, 2.75) is 40.0 Å². The monoisotopic (exact) mass is 369 g/mol. The van der Waals surface area contributed by atoms with E-state index in [1.54, 1.807) is 20.8 Å². The van der Waals surface area contributed by atoms with Crippen LogP contribution in [-0.2, 0) is 19.1 Å². The topological polar surface area (TPSA) is 92.7 Å². The van der Waals surface area contributed by atoms with Crippen LogP contribution in [0.15, 0.2) is 0 Å². The van der Waals surface area contributed by atoms with Crippen LogP contribution < -0.4 is 5.32 Å². The Balaban J connectivity index is 4.83. The van der Waals surface area contributed by atoms with Crippen molar-refractivity contribution >= 4 is 17.8 Å². The number of esters is 1. The van der Waals surface area contributed by atoms with Crippen LogP contribution in [0.2, 0.25) is 0 Å². The highest BCUT2D eigenvalue weighted by molar-refractivity contribution is 5.81. The van der Waals surface area contributed by atoms with Crippen LogP contribution >= 0.6 is 0 Å². The Morgan fingerprint density at radius 3 is 2.11 bits per heavy atom. The van der Waals surface area contributed by atoms with E-state index in [1.165, 1.54) is 7.11 Å². The average molecular weight is 369 g/mol. The smallest absolute Gasteiger partial charge is 0.308 e. The Hall–Kier alpha value is -3.35. The lowest BCUT2D eigenvalue weighted by molar-refractivity contribution is -0.149. The molecule has 0 bridgehead atoms. The molecule has 0 aromatic carbocycles. The lowest BCUT2D eigenvalue weighted by atomic mass is 9.86. The van der Waals surface area contributed by atoms with Crippen molar-refractivity contribution in [1.82, 2.24) is 5.32 Å². The maximum absolute atomic E-state index is 12.1. The fourth-order valence-electron chi connectivity index (χ4n) is 2.21. The van der Waals surface area contributed by atoms with Crippen molar-refractivity contribution in [3.63, 3.8) is 0 Å². The lowest BCUT2D eigenvalue weighted by Crippen LogP contribution is -2.31. The predicted octanol–water partition coefficient (Wildman–Crippen LogP) is 1.41. The summed E-state index contributed by atoms with van der Waals surface area (Å²) in [5.41, 5.74) is 0. The van der Waals surface area contributed by atoms with Gasteiger partial charge in [0.1, 0.15) is 0 Å². The summed E-state index contributed by atoms with van der Waals surface area (Å²) in [5.74, 6) is 13.6. The van der Waals surface area contributed by atoms with Crippen molar-refractivity contribution in [1.29, 1.82) is 0 Å². The van der Waals surface area contributed by atoms with E-state index in [1.807, 2.05) is 0 Å². The lowest BCUT2D eigenvalue weighted by Gasteiger charge is -2.20. The van der Waals surface area contributed by atoms with Crippen molar-refractivity contribution < 1.29 is 24.2 Å². The van der Waals surface area contributed by atoms with Gasteiger partial charge in [-0.15, -0.1) is 0 Å². The number of carbonyl (C=O) groups excluding carboxylic acids is 2. The maximum Gasteiger partial charge on any atom is 0.308 e. The molecular weight excluding hydrogens is 346 g/mol. The van der Waals surface area contributed by atoms with Crippen LogP contribution in [-0.4, -0.2) is 30.1 Å². The molecule has 0 saturated heterocycles. The molecular formula is C21H23NO5. The first-order valence-corrected chi connectivity index (χ1v) is 8.39. The Bertz CT molecular complexity index is 783. The van der Waals surface area contributed by atoms with Gasteiger partial charge in [0.05, 0.1) is 18.9 Å². The number of methoxy groups -OCH3 is 1. The summed E-state index contributed by atoms with van der Waals surface area (Å²) in [6, 6.07) is 2.41. The third kappa shape index (κ3) is 10.3. The quantitative estimate of drug-likeness (QED) is 0.383. The zero-order valence-corrected chi connectivity index (χ0v) is 15.9. The Kier molecular flexibility index (Phi) is 12.2. The number of aliphatic carboxylic acids is 1. The normalized spacial score (nSPS) is 11.9. The van der Waals surface area contributed by atoms with E-state index in [9.17, 15) is 19.5 Å². The minimum Gasteiger partial charge on any atom is -0.481 e. The molecule has 6 nitrogen and oxygen atoms in total. The van der Waals surface area contributed by atoms with Crippen LogP contribution in [0, 0.1) is 65.2 Å². The molecule has 27 heavy (non-hydrogen) atoms. The van der Waals surface area contributed by atoms with Crippen molar-refractivity contribution in [3.05, 3.63) is 0 Å². The van der Waals surface area contributed by atoms with E-state index < -0.39 is 29.7 Å². The van der Waals surface area contributed by atoms with E-state index in [2.05, 4.69) is 52.8 Å². The van der Waals surface area contributed by atoms with Crippen LogP contribution in [0.4, 0.5) is 0 Å². The molecule has 0 fully saturated rings. The van der Waals surface area contributed by atoms with Crippen molar-refractivity contribution in [2.24, 2.45) is 17.8 Å². The summed E-state index contributed by atoms with van der Waals surface area (Å²) in [6.07, 6.45) is 0.670. The number of carboxylic acid groups (broad SMARTS) is 1. The van der Waals surface area contributed by atoms with Gasteiger partial charge in [-0.1, -0.05) is 19.8 Å². The van der Waals surface area contributed by atoms with E-state index in [-0.39, 0.29) is 18.7 Å². The molecule has 0 aliphatic rings. The Labute approximate surface area is 160 Å². The van der Waals surface area contributed by atoms with Gasteiger partial charge in [-0.3, -0.25) is 19.7 Å². The van der Waals surface area contributed by atoms with Gasteiger partial charge in [-0.2, -0.15) is 0 Å². The molecule has 0 aliphatic heterocycles. The number of hydrogen-bond donors (Lipinski definition) is 2. The third-order valence-electron chi connectivity index (χ3n) is 3.72. The largest absolute Gasteiger partial charge is 0.481 e. The van der Waals surface area contributed by atoms with Gasteiger partial charge < -0.3 is 9.84 Å². The SMILES string of the molecule is CC#CC#CC#CC#CNC(=O)C(C)CC(CC(CC)C(=O)O)C(=O)OC. The third-order valence-corrected chi connectivity index (χ3v) is 3.72.